The summed E-state index contributed by atoms with van der Waals surface area (Å²) >= 11 is 0. The molecule has 3 nitrogen and oxygen atoms in total. The summed E-state index contributed by atoms with van der Waals surface area (Å²) in [6.07, 6.45) is 0. The van der Waals surface area contributed by atoms with Crippen LogP contribution in [0.15, 0.2) is 42.5 Å². The Morgan fingerprint density at radius 2 is 1.55 bits per heavy atom. The highest BCUT2D eigenvalue weighted by Gasteiger charge is 2.34. The maximum Gasteiger partial charge on any atom is 0.458 e. The Morgan fingerprint density at radius 3 is 2.05 bits per heavy atom. The van der Waals surface area contributed by atoms with Crippen LogP contribution in [0.2, 0.25) is 0 Å². The lowest BCUT2D eigenvalue weighted by Crippen LogP contribution is -2.07. The minimum atomic E-state index is -2.11. The molecule has 2 aromatic carbocycles. The normalized spacial score (nSPS) is 11.1. The molecule has 0 amide bonds. The van der Waals surface area contributed by atoms with Gasteiger partial charge in [0.05, 0.1) is 12.7 Å². The van der Waals surface area contributed by atoms with Crippen LogP contribution in [0.5, 0.6) is 5.75 Å². The summed E-state index contributed by atoms with van der Waals surface area (Å²) in [4.78, 5) is 12.4. The molecule has 2 aromatic rings. The van der Waals surface area contributed by atoms with Crippen LogP contribution in [0.25, 0.3) is 0 Å². The van der Waals surface area contributed by atoms with Crippen LogP contribution in [0.1, 0.15) is 21.5 Å². The Hall–Kier alpha value is -1.99. The largest absolute Gasteiger partial charge is 0.497 e. The Kier molecular flexibility index (Phi) is 4.31. The predicted octanol–water partition coefficient (Wildman–Crippen LogP) is 3.61. The molecule has 0 aliphatic rings. The molecule has 0 aliphatic carbocycles. The molecule has 4 heteroatoms. The van der Waals surface area contributed by atoms with E-state index in [0.29, 0.717) is 16.6 Å². The van der Waals surface area contributed by atoms with Gasteiger partial charge in [-0.1, -0.05) is 22.8 Å². The zero-order valence-corrected chi connectivity index (χ0v) is 12.6. The third-order valence-electron chi connectivity index (χ3n) is 3.19. The fourth-order valence-corrected chi connectivity index (χ4v) is 3.30. The van der Waals surface area contributed by atoms with E-state index in [1.54, 1.807) is 31.4 Å². The molecular formula is C16H16O3P+. The second-order valence-corrected chi connectivity index (χ2v) is 6.08. The van der Waals surface area contributed by atoms with Crippen molar-refractivity contribution in [2.45, 2.75) is 13.8 Å². The molecular weight excluding hydrogens is 271 g/mol. The monoisotopic (exact) mass is 287 g/mol. The second kappa shape index (κ2) is 5.98. The molecule has 0 heterocycles. The van der Waals surface area contributed by atoms with Crippen LogP contribution >= 0.6 is 7.80 Å². The molecule has 0 radical (unpaired) electrons. The van der Waals surface area contributed by atoms with Crippen molar-refractivity contribution in [1.82, 2.24) is 0 Å². The molecule has 0 aliphatic heterocycles. The SMILES string of the molecule is COc1ccc([P+](=O)C(=O)c2c(C)cccc2C)cc1. The summed E-state index contributed by atoms with van der Waals surface area (Å²) in [6.45, 7) is 3.72. The van der Waals surface area contributed by atoms with Gasteiger partial charge < -0.3 is 4.74 Å². The maximum atomic E-state index is 12.4. The van der Waals surface area contributed by atoms with Crippen molar-refractivity contribution in [1.29, 1.82) is 0 Å². The molecule has 1 unspecified atom stereocenters. The lowest BCUT2D eigenvalue weighted by Gasteiger charge is -2.02. The number of hydrogen-bond donors (Lipinski definition) is 0. The molecule has 0 aromatic heterocycles. The summed E-state index contributed by atoms with van der Waals surface area (Å²) in [5.41, 5.74) is 1.95. The Labute approximate surface area is 119 Å². The van der Waals surface area contributed by atoms with Crippen molar-refractivity contribution in [3.63, 3.8) is 0 Å². The molecule has 20 heavy (non-hydrogen) atoms. The molecule has 0 N–H and O–H groups in total. The van der Waals surface area contributed by atoms with Gasteiger partial charge in [-0.05, 0) is 49.2 Å². The van der Waals surface area contributed by atoms with Crippen molar-refractivity contribution in [3.8, 4) is 5.75 Å². The van der Waals surface area contributed by atoms with Crippen LogP contribution in [-0.4, -0.2) is 12.6 Å². The number of carbonyl (C=O) groups is 1. The van der Waals surface area contributed by atoms with Gasteiger partial charge in [-0.2, -0.15) is 0 Å². The van der Waals surface area contributed by atoms with Gasteiger partial charge in [0.15, 0.2) is 5.30 Å². The van der Waals surface area contributed by atoms with Crippen molar-refractivity contribution in [2.24, 2.45) is 0 Å². The number of carbonyl (C=O) groups excluding carboxylic acids is 1. The van der Waals surface area contributed by atoms with Crippen molar-refractivity contribution >= 4 is 18.6 Å². The summed E-state index contributed by atoms with van der Waals surface area (Å²) in [5, 5.41) is 0.522. The Balaban J connectivity index is 2.35. The molecule has 1 atom stereocenters. The zero-order chi connectivity index (χ0) is 14.7. The van der Waals surface area contributed by atoms with E-state index < -0.39 is 7.80 Å². The van der Waals surface area contributed by atoms with E-state index in [1.807, 2.05) is 32.0 Å². The first-order valence-electron chi connectivity index (χ1n) is 6.26. The molecule has 2 rings (SSSR count). The quantitative estimate of drug-likeness (QED) is 0.807. The highest BCUT2D eigenvalue weighted by Crippen LogP contribution is 2.30. The first-order chi connectivity index (χ1) is 9.54. The second-order valence-electron chi connectivity index (χ2n) is 4.56. The van der Waals surface area contributed by atoms with Crippen LogP contribution in [0.3, 0.4) is 0 Å². The van der Waals surface area contributed by atoms with Crippen LogP contribution in [-0.2, 0) is 4.57 Å². The molecule has 0 fully saturated rings. The molecule has 102 valence electrons. The topological polar surface area (TPSA) is 43.4 Å². The average molecular weight is 287 g/mol. The van der Waals surface area contributed by atoms with E-state index in [9.17, 15) is 9.36 Å². The summed E-state index contributed by atoms with van der Waals surface area (Å²) in [6, 6.07) is 12.4. The van der Waals surface area contributed by atoms with Gasteiger partial charge in [-0.3, -0.25) is 0 Å². The number of methoxy groups -OCH3 is 1. The van der Waals surface area contributed by atoms with Gasteiger partial charge in [-0.15, -0.1) is 0 Å². The van der Waals surface area contributed by atoms with Gasteiger partial charge in [0.25, 0.3) is 0 Å². The fourth-order valence-electron chi connectivity index (χ4n) is 2.09. The van der Waals surface area contributed by atoms with Crippen LogP contribution in [0.4, 0.5) is 0 Å². The van der Waals surface area contributed by atoms with Crippen molar-refractivity contribution in [2.75, 3.05) is 7.11 Å². The molecule has 0 saturated carbocycles. The van der Waals surface area contributed by atoms with Crippen LogP contribution in [0, 0.1) is 13.8 Å². The number of rotatable bonds is 4. The number of hydrogen-bond acceptors (Lipinski definition) is 3. The molecule has 0 saturated heterocycles. The standard InChI is InChI=1S/C16H16O3P/c1-11-5-4-6-12(2)15(11)16(17)20(18)14-9-7-13(19-3)8-10-14/h4-10H,1-3H3/q+1. The highest BCUT2D eigenvalue weighted by molar-refractivity contribution is 7.71. The first kappa shape index (κ1) is 14.4. The van der Waals surface area contributed by atoms with E-state index in [2.05, 4.69) is 0 Å². The average Bonchev–Trinajstić information content (AvgIpc) is 2.46. The number of aryl methyl sites for hydroxylation is 2. The smallest absolute Gasteiger partial charge is 0.458 e. The number of benzene rings is 2. The summed E-state index contributed by atoms with van der Waals surface area (Å²) in [7, 11) is -0.541. The number of ether oxygens (including phenoxy) is 1. The van der Waals surface area contributed by atoms with Gasteiger partial charge >= 0.3 is 13.3 Å². The van der Waals surface area contributed by atoms with Gasteiger partial charge in [0, 0.05) is 0 Å². The summed E-state index contributed by atoms with van der Waals surface area (Å²) < 4.78 is 17.5. The predicted molar refractivity (Wildman–Crippen MR) is 80.5 cm³/mol. The Bertz CT molecular complexity index is 640. The minimum Gasteiger partial charge on any atom is -0.497 e. The zero-order valence-electron chi connectivity index (χ0n) is 11.7. The van der Waals surface area contributed by atoms with Crippen molar-refractivity contribution < 1.29 is 14.1 Å². The third-order valence-corrected chi connectivity index (χ3v) is 4.55. The fraction of sp³-hybridized carbons (Fsp3) is 0.188. The van der Waals surface area contributed by atoms with E-state index in [1.165, 1.54) is 0 Å². The van der Waals surface area contributed by atoms with E-state index in [0.717, 1.165) is 11.1 Å². The lowest BCUT2D eigenvalue weighted by atomic mass is 10.0. The minimum absolute atomic E-state index is 0.319. The first-order valence-corrected chi connectivity index (χ1v) is 7.52. The van der Waals surface area contributed by atoms with Gasteiger partial charge in [0.2, 0.25) is 0 Å². The maximum absolute atomic E-state index is 12.4. The highest BCUT2D eigenvalue weighted by atomic mass is 31.1. The Morgan fingerprint density at radius 1 is 1.00 bits per heavy atom. The van der Waals surface area contributed by atoms with E-state index >= 15 is 0 Å². The van der Waals surface area contributed by atoms with Crippen molar-refractivity contribution in [3.05, 3.63) is 59.2 Å². The van der Waals surface area contributed by atoms with E-state index in [4.69, 9.17) is 4.74 Å². The van der Waals surface area contributed by atoms with Crippen LogP contribution < -0.4 is 10.0 Å². The van der Waals surface area contributed by atoms with Gasteiger partial charge in [0.1, 0.15) is 5.75 Å². The van der Waals surface area contributed by atoms with Gasteiger partial charge in [-0.25, -0.2) is 4.79 Å². The lowest BCUT2D eigenvalue weighted by molar-refractivity contribution is 0.107. The third kappa shape index (κ3) is 2.78. The summed E-state index contributed by atoms with van der Waals surface area (Å²) in [5.74, 6) is 0.677. The molecule has 0 bridgehead atoms. The molecule has 0 spiro atoms. The van der Waals surface area contributed by atoms with E-state index in [-0.39, 0.29) is 5.52 Å².